The smallest absolute Gasteiger partial charge is 0.353 e. The second kappa shape index (κ2) is 10.6. The Hall–Kier alpha value is -1.83. The molecule has 0 aromatic heterocycles. The van der Waals surface area contributed by atoms with Crippen molar-refractivity contribution in [3.63, 3.8) is 0 Å². The van der Waals surface area contributed by atoms with Crippen molar-refractivity contribution in [1.82, 2.24) is 4.90 Å². The van der Waals surface area contributed by atoms with Gasteiger partial charge < -0.3 is 19.2 Å². The summed E-state index contributed by atoms with van der Waals surface area (Å²) in [6.45, 7) is 10.5. The van der Waals surface area contributed by atoms with E-state index >= 15 is 0 Å². The zero-order chi connectivity index (χ0) is 24.3. The van der Waals surface area contributed by atoms with Gasteiger partial charge in [0.2, 0.25) is 5.91 Å². The van der Waals surface area contributed by atoms with Crippen LogP contribution in [0.3, 0.4) is 0 Å². The monoisotopic (exact) mass is 581 g/mol. The van der Waals surface area contributed by atoms with Gasteiger partial charge in [-0.1, -0.05) is 51.7 Å². The van der Waals surface area contributed by atoms with Gasteiger partial charge in [0.15, 0.2) is 8.32 Å². The van der Waals surface area contributed by atoms with E-state index in [9.17, 15) is 14.7 Å². The Balaban J connectivity index is 1.78. The van der Waals surface area contributed by atoms with E-state index in [0.29, 0.717) is 5.57 Å². The lowest BCUT2D eigenvalue weighted by Gasteiger charge is -2.49. The van der Waals surface area contributed by atoms with E-state index in [0.717, 1.165) is 27.5 Å². The number of hydrogen-bond donors (Lipinski definition) is 1. The van der Waals surface area contributed by atoms with Crippen LogP contribution >= 0.6 is 22.6 Å². The Morgan fingerprint density at radius 3 is 2.45 bits per heavy atom. The zero-order valence-corrected chi connectivity index (χ0v) is 23.0. The Morgan fingerprint density at radius 2 is 1.88 bits per heavy atom. The Kier molecular flexibility index (Phi) is 8.29. The average Bonchev–Trinajstić information content (AvgIpc) is 3.04. The van der Waals surface area contributed by atoms with Crippen LogP contribution in [0.25, 0.3) is 0 Å². The topological polar surface area (TPSA) is 76.1 Å². The van der Waals surface area contributed by atoms with Crippen molar-refractivity contribution in [2.24, 2.45) is 11.8 Å². The third kappa shape index (κ3) is 4.86. The van der Waals surface area contributed by atoms with E-state index < -0.39 is 14.3 Å². The fourth-order valence-electron chi connectivity index (χ4n) is 4.99. The number of benzene rings is 1. The number of amides is 1. The van der Waals surface area contributed by atoms with Gasteiger partial charge in [0, 0.05) is 11.5 Å². The van der Waals surface area contributed by atoms with Gasteiger partial charge in [0.25, 0.3) is 0 Å². The molecule has 1 aromatic carbocycles. The van der Waals surface area contributed by atoms with Crippen molar-refractivity contribution in [2.75, 3.05) is 6.61 Å². The van der Waals surface area contributed by atoms with Crippen LogP contribution in [0.15, 0.2) is 35.5 Å². The third-order valence-electron chi connectivity index (χ3n) is 7.09. The summed E-state index contributed by atoms with van der Waals surface area (Å²) in [6.07, 6.45) is -0.237. The highest BCUT2D eigenvalue weighted by Crippen LogP contribution is 2.48. The number of ether oxygens (including phenoxy) is 1. The quantitative estimate of drug-likeness (QED) is 0.194. The molecular formula is C25H32INO5Si. The maximum atomic E-state index is 13.1. The number of para-hydroxylation sites is 1. The summed E-state index contributed by atoms with van der Waals surface area (Å²) in [6, 6.07) is 10.4. The number of hydrogen-bond acceptors (Lipinski definition) is 4. The van der Waals surface area contributed by atoms with Gasteiger partial charge >= 0.3 is 5.97 Å². The molecule has 2 heterocycles. The summed E-state index contributed by atoms with van der Waals surface area (Å²) in [5, 5.41) is 9.86. The van der Waals surface area contributed by atoms with E-state index in [1.54, 1.807) is 0 Å². The van der Waals surface area contributed by atoms with Crippen LogP contribution in [-0.2, 0) is 14.0 Å². The number of carbonyl (C=O) groups excluding carboxylic acids is 1. The molecule has 6 nitrogen and oxygen atoms in total. The molecule has 0 aliphatic carbocycles. The van der Waals surface area contributed by atoms with Crippen molar-refractivity contribution in [3.05, 3.63) is 39.1 Å². The first-order chi connectivity index (χ1) is 15.7. The lowest BCUT2D eigenvalue weighted by atomic mass is 9.78. The van der Waals surface area contributed by atoms with Crippen molar-refractivity contribution in [1.29, 1.82) is 0 Å². The average molecular weight is 582 g/mol. The summed E-state index contributed by atoms with van der Waals surface area (Å²) >= 11 is 2.19. The van der Waals surface area contributed by atoms with Crippen LogP contribution in [0.2, 0.25) is 18.1 Å². The van der Waals surface area contributed by atoms with Gasteiger partial charge in [-0.3, -0.25) is 4.79 Å². The van der Waals surface area contributed by atoms with E-state index in [2.05, 4.69) is 55.2 Å². The molecule has 8 heteroatoms. The molecule has 178 valence electrons. The van der Waals surface area contributed by atoms with Crippen LogP contribution in [0.4, 0.5) is 0 Å². The summed E-state index contributed by atoms with van der Waals surface area (Å²) in [5.41, 5.74) is 0.500. The number of carboxylic acid groups (broad SMARTS) is 1. The molecule has 0 unspecified atom stereocenters. The molecule has 1 aromatic rings. The molecule has 0 spiro atoms. The predicted molar refractivity (Wildman–Crippen MR) is 138 cm³/mol. The highest BCUT2D eigenvalue weighted by Gasteiger charge is 2.60. The molecule has 0 saturated carbocycles. The molecule has 1 amide bonds. The van der Waals surface area contributed by atoms with Crippen molar-refractivity contribution >= 4 is 42.8 Å². The second-order valence-electron chi connectivity index (χ2n) is 8.67. The molecule has 0 bridgehead atoms. The second-order valence-corrected chi connectivity index (χ2v) is 14.6. The lowest BCUT2D eigenvalue weighted by Crippen LogP contribution is -2.65. The summed E-state index contributed by atoms with van der Waals surface area (Å²) in [4.78, 5) is 26.6. The fourth-order valence-corrected chi connectivity index (χ4v) is 8.46. The lowest BCUT2D eigenvalue weighted by molar-refractivity contribution is -0.162. The SMILES string of the molecule is CC[Si](CC)(CC)O[C@H](C)[C@H]1C(=O)N2C(C(=O)O)=C(C#CCOc3ccccc3I)[C@H](C)[C@H]12. The molecular weight excluding hydrogens is 549 g/mol. The number of nitrogens with zero attached hydrogens (tertiary/aromatic N) is 1. The van der Waals surface area contributed by atoms with Gasteiger partial charge in [0.1, 0.15) is 18.1 Å². The first-order valence-electron chi connectivity index (χ1n) is 11.6. The van der Waals surface area contributed by atoms with Gasteiger partial charge in [-0.05, 0) is 59.8 Å². The van der Waals surface area contributed by atoms with E-state index in [1.165, 1.54) is 4.90 Å². The maximum absolute atomic E-state index is 13.1. The number of halogens is 1. The van der Waals surface area contributed by atoms with E-state index in [4.69, 9.17) is 9.16 Å². The third-order valence-corrected chi connectivity index (χ3v) is 12.7. The highest BCUT2D eigenvalue weighted by molar-refractivity contribution is 14.1. The summed E-state index contributed by atoms with van der Waals surface area (Å²) < 4.78 is 13.3. The molecule has 0 radical (unpaired) electrons. The van der Waals surface area contributed by atoms with Crippen LogP contribution in [-0.4, -0.2) is 49.0 Å². The van der Waals surface area contributed by atoms with Crippen LogP contribution in [0, 0.1) is 27.2 Å². The number of carboxylic acids is 1. The van der Waals surface area contributed by atoms with Crippen molar-refractivity contribution < 1.29 is 23.9 Å². The number of β-lactam (4-membered cyclic amide) rings is 1. The molecule has 2 aliphatic rings. The van der Waals surface area contributed by atoms with Crippen LogP contribution in [0.5, 0.6) is 5.75 Å². The highest BCUT2D eigenvalue weighted by atomic mass is 127. The zero-order valence-electron chi connectivity index (χ0n) is 19.9. The molecule has 1 N–H and O–H groups in total. The minimum absolute atomic E-state index is 0.00715. The van der Waals surface area contributed by atoms with Gasteiger partial charge in [-0.25, -0.2) is 4.79 Å². The minimum atomic E-state index is -1.89. The van der Waals surface area contributed by atoms with Crippen molar-refractivity contribution in [3.8, 4) is 17.6 Å². The maximum Gasteiger partial charge on any atom is 0.353 e. The summed E-state index contributed by atoms with van der Waals surface area (Å²) in [5.74, 6) is 4.90. The first kappa shape index (κ1) is 25.8. The Bertz CT molecular complexity index is 1000. The van der Waals surface area contributed by atoms with E-state index in [1.807, 2.05) is 38.1 Å². The minimum Gasteiger partial charge on any atom is -0.480 e. The molecule has 4 atom stereocenters. The van der Waals surface area contributed by atoms with Crippen molar-refractivity contribution in [2.45, 2.75) is 64.9 Å². The standard InChI is InChI=1S/C25H32INO5Si/c1-6-33(7-2,8-3)32-17(5)21-22-16(4)18(23(25(29)30)27(22)24(21)28)12-11-15-31-20-14-10-9-13-19(20)26/h9-10,13-14,16-17,21-22H,6-8,15H2,1-5H3,(H,29,30)/t16-,17+,21+,22+/m0/s1. The first-order valence-corrected chi connectivity index (χ1v) is 15.2. The fraction of sp³-hybridized carbons (Fsp3) is 0.520. The Labute approximate surface area is 211 Å². The Morgan fingerprint density at radius 1 is 1.24 bits per heavy atom. The van der Waals surface area contributed by atoms with Crippen LogP contribution < -0.4 is 4.74 Å². The largest absolute Gasteiger partial charge is 0.480 e. The molecule has 1 fully saturated rings. The predicted octanol–water partition coefficient (Wildman–Crippen LogP) is 4.90. The molecule has 3 rings (SSSR count). The van der Waals surface area contributed by atoms with Gasteiger partial charge in [-0.2, -0.15) is 0 Å². The number of fused-ring (bicyclic) bond motifs is 1. The number of aliphatic carboxylic acids is 1. The number of carbonyl (C=O) groups is 2. The van der Waals surface area contributed by atoms with Gasteiger partial charge in [-0.15, -0.1) is 0 Å². The van der Waals surface area contributed by atoms with Crippen LogP contribution in [0.1, 0.15) is 34.6 Å². The number of rotatable bonds is 9. The normalized spacial score (nSPS) is 22.9. The molecule has 1 saturated heterocycles. The van der Waals surface area contributed by atoms with Gasteiger partial charge in [0.05, 0.1) is 21.6 Å². The molecule has 2 aliphatic heterocycles. The molecule has 33 heavy (non-hydrogen) atoms. The summed E-state index contributed by atoms with van der Waals surface area (Å²) in [7, 11) is -1.89. The van der Waals surface area contributed by atoms with E-state index in [-0.39, 0.29) is 42.2 Å².